The molecule has 1 aromatic heterocycles. The van der Waals surface area contributed by atoms with Gasteiger partial charge >= 0.3 is 0 Å². The predicted molar refractivity (Wildman–Crippen MR) is 421 cm³/mol. The van der Waals surface area contributed by atoms with Crippen molar-refractivity contribution in [1.82, 2.24) is 4.57 Å². The van der Waals surface area contributed by atoms with E-state index in [9.17, 15) is 0 Å². The second-order valence-corrected chi connectivity index (χ2v) is 36.6. The third-order valence-electron chi connectivity index (χ3n) is 20.9. The molecule has 96 heavy (non-hydrogen) atoms. The normalized spacial score (nSPS) is 14.0. The summed E-state index contributed by atoms with van der Waals surface area (Å²) < 4.78 is 2.58. The highest BCUT2D eigenvalue weighted by atomic mass is 15.2. The molecule has 0 saturated carbocycles. The lowest BCUT2D eigenvalue weighted by molar-refractivity contribution is 0.567. The van der Waals surface area contributed by atoms with Crippen molar-refractivity contribution in [2.24, 2.45) is 0 Å². The third kappa shape index (κ3) is 12.0. The van der Waals surface area contributed by atoms with Crippen LogP contribution >= 0.6 is 0 Å². The number of hydrogen-bond acceptors (Lipinski definition) is 2. The number of rotatable bonds is 6. The van der Waals surface area contributed by atoms with Crippen molar-refractivity contribution in [3.8, 4) is 39.1 Å². The van der Waals surface area contributed by atoms with Crippen molar-refractivity contribution < 1.29 is 0 Å². The molecular formula is C92H104BN3. The maximum absolute atomic E-state index is 2.67. The Morgan fingerprint density at radius 1 is 0.250 bits per heavy atom. The van der Waals surface area contributed by atoms with E-state index in [-0.39, 0.29) is 50.0 Å². The number of benzene rings is 10. The summed E-state index contributed by atoms with van der Waals surface area (Å²) in [6.07, 6.45) is 0. The third-order valence-corrected chi connectivity index (χ3v) is 20.9. The molecule has 3 nitrogen and oxygen atoms in total. The quantitative estimate of drug-likeness (QED) is 0.154. The van der Waals surface area contributed by atoms with Crippen molar-refractivity contribution >= 4 is 79.0 Å². The minimum Gasteiger partial charge on any atom is -0.311 e. The summed E-state index contributed by atoms with van der Waals surface area (Å²) in [6.45, 7) is 56.2. The highest BCUT2D eigenvalue weighted by molar-refractivity contribution is 7.00. The molecule has 0 atom stereocenters. The van der Waals surface area contributed by atoms with Gasteiger partial charge in [0.2, 0.25) is 0 Å². The van der Waals surface area contributed by atoms with Crippen molar-refractivity contribution in [3.05, 3.63) is 239 Å². The molecular weight excluding hydrogens is 1160 g/mol. The van der Waals surface area contributed by atoms with E-state index in [1.807, 2.05) is 0 Å². The molecule has 4 heteroatoms. The first-order valence-electron chi connectivity index (χ1n) is 35.4. The molecule has 2 aliphatic rings. The Hall–Kier alpha value is -8.34. The molecule has 0 unspecified atom stereocenters. The molecule has 10 aromatic carbocycles. The van der Waals surface area contributed by atoms with Gasteiger partial charge in [0.1, 0.15) is 0 Å². The zero-order chi connectivity index (χ0) is 69.1. The monoisotopic (exact) mass is 1260 g/mol. The van der Waals surface area contributed by atoms with Gasteiger partial charge in [-0.25, -0.2) is 0 Å². The van der Waals surface area contributed by atoms with Crippen LogP contribution in [0.25, 0.3) is 60.9 Å². The van der Waals surface area contributed by atoms with Crippen LogP contribution in [-0.2, 0) is 43.3 Å². The van der Waals surface area contributed by atoms with Crippen LogP contribution in [0.2, 0.25) is 0 Å². The molecule has 0 radical (unpaired) electrons. The van der Waals surface area contributed by atoms with E-state index >= 15 is 0 Å². The number of para-hydroxylation sites is 1. The van der Waals surface area contributed by atoms with E-state index in [0.29, 0.717) is 0 Å². The van der Waals surface area contributed by atoms with Gasteiger partial charge in [-0.1, -0.05) is 294 Å². The number of hydrogen-bond donors (Lipinski definition) is 0. The van der Waals surface area contributed by atoms with E-state index < -0.39 is 0 Å². The van der Waals surface area contributed by atoms with Gasteiger partial charge in [0.15, 0.2) is 0 Å². The first kappa shape index (κ1) is 66.3. The average molecular weight is 1260 g/mol. The minimum absolute atomic E-state index is 0.00434. The maximum Gasteiger partial charge on any atom is 0.252 e. The molecule has 0 bridgehead atoms. The lowest BCUT2D eigenvalue weighted by Crippen LogP contribution is -2.61. The molecule has 0 N–H and O–H groups in total. The molecule has 0 spiro atoms. The summed E-state index contributed by atoms with van der Waals surface area (Å²) in [5.41, 5.74) is 32.3. The number of anilines is 6. The molecule has 3 heterocycles. The molecule has 13 rings (SSSR count). The van der Waals surface area contributed by atoms with Crippen LogP contribution in [0.4, 0.5) is 34.1 Å². The Morgan fingerprint density at radius 3 is 1.12 bits per heavy atom. The van der Waals surface area contributed by atoms with Gasteiger partial charge < -0.3 is 14.4 Å². The Morgan fingerprint density at radius 2 is 0.656 bits per heavy atom. The number of nitrogens with zero attached hydrogens (tertiary/aromatic N) is 3. The number of aromatic nitrogens is 1. The molecule has 0 amide bonds. The van der Waals surface area contributed by atoms with Gasteiger partial charge in [0.05, 0.1) is 16.7 Å². The Bertz CT molecular complexity index is 4760. The fourth-order valence-corrected chi connectivity index (χ4v) is 14.7. The predicted octanol–water partition coefficient (Wildman–Crippen LogP) is 24.2. The van der Waals surface area contributed by atoms with E-state index in [0.717, 1.165) is 11.4 Å². The first-order chi connectivity index (χ1) is 44.6. The summed E-state index contributed by atoms with van der Waals surface area (Å²) in [4.78, 5) is 5.26. The van der Waals surface area contributed by atoms with Gasteiger partial charge in [-0.15, -0.1) is 0 Å². The lowest BCUT2D eigenvalue weighted by Gasteiger charge is -2.44. The Balaban J connectivity index is 1.13. The van der Waals surface area contributed by atoms with Crippen molar-refractivity contribution in [2.75, 3.05) is 9.80 Å². The molecule has 0 fully saturated rings. The van der Waals surface area contributed by atoms with Crippen LogP contribution in [0.3, 0.4) is 0 Å². The van der Waals surface area contributed by atoms with Gasteiger partial charge in [-0.2, -0.15) is 0 Å². The van der Waals surface area contributed by atoms with Gasteiger partial charge in [0, 0.05) is 44.9 Å². The van der Waals surface area contributed by atoms with E-state index in [4.69, 9.17) is 0 Å². The fourth-order valence-electron chi connectivity index (χ4n) is 14.7. The molecule has 0 saturated heterocycles. The Labute approximate surface area is 577 Å². The largest absolute Gasteiger partial charge is 0.311 e. The SMILES string of the molecule is CC(C)(C)c1cc(-c2ccc(N3c4ccc(-c5cc(C(C)(C)C)cc(C(C)(C)C)c5)cc4B4c5ccc6c(c5N(c5cccc(-c7cc(C(C)(C)C)cc(C(C)(C)C)c7)c5)c5cccc3c54)c3ccccc3n6-c3cc(C(C)(C)C)cc(C(C)(C)C)c3)cc2)cc(C(C)(C)C)c1. The number of fused-ring (bicyclic) bond motifs is 8. The van der Waals surface area contributed by atoms with E-state index in [1.54, 1.807) is 0 Å². The summed E-state index contributed by atoms with van der Waals surface area (Å²) in [7, 11) is 0. The van der Waals surface area contributed by atoms with E-state index in [1.165, 1.54) is 145 Å². The Kier molecular flexibility index (Phi) is 15.6. The second kappa shape index (κ2) is 22.6. The molecule has 0 aliphatic carbocycles. The van der Waals surface area contributed by atoms with Crippen LogP contribution in [0.1, 0.15) is 211 Å². The lowest BCUT2D eigenvalue weighted by atomic mass is 9.33. The summed E-state index contributed by atoms with van der Waals surface area (Å²) in [6, 6.07) is 77.2. The van der Waals surface area contributed by atoms with Gasteiger partial charge in [-0.05, 0) is 204 Å². The first-order valence-corrected chi connectivity index (χ1v) is 35.4. The van der Waals surface area contributed by atoms with Crippen LogP contribution in [0.15, 0.2) is 194 Å². The van der Waals surface area contributed by atoms with Crippen molar-refractivity contribution in [1.29, 1.82) is 0 Å². The maximum atomic E-state index is 2.67. The average Bonchev–Trinajstić information content (AvgIpc) is 1.18. The molecule has 490 valence electrons. The zero-order valence-corrected chi connectivity index (χ0v) is 62.4. The highest BCUT2D eigenvalue weighted by Gasteiger charge is 2.45. The van der Waals surface area contributed by atoms with Crippen LogP contribution < -0.4 is 26.2 Å². The zero-order valence-electron chi connectivity index (χ0n) is 62.4. The standard InChI is InChI=1S/C92H104BN3/c1-85(2,3)63-43-60(44-64(51-63)86(4,5)6)57-35-38-71(39-36-57)94-78-41-37-59(62-47-67(89(13,14)15)53-68(48-62)90(16,17)18)50-76(78)93-75-40-42-79-82(74-31-25-26-32-77(74)95(79)73-55-69(91(19,20)21)54-70(56-73)92(22,23)24)84(75)96(81-34-28-33-80(94)83(81)93)72-30-27-29-58(49-72)61-45-65(87(7,8)9)52-66(46-61)88(10,11)12/h25-56H,1-24H3. The van der Waals surface area contributed by atoms with Crippen LogP contribution in [0, 0.1) is 0 Å². The minimum atomic E-state index is -0.138. The van der Waals surface area contributed by atoms with Crippen LogP contribution in [-0.4, -0.2) is 11.3 Å². The molecule has 11 aromatic rings. The van der Waals surface area contributed by atoms with Crippen LogP contribution in [0.5, 0.6) is 0 Å². The highest BCUT2D eigenvalue weighted by Crippen LogP contribution is 2.51. The molecule has 2 aliphatic heterocycles. The second-order valence-electron chi connectivity index (χ2n) is 36.6. The van der Waals surface area contributed by atoms with Gasteiger partial charge in [0.25, 0.3) is 6.71 Å². The van der Waals surface area contributed by atoms with Crippen molar-refractivity contribution in [2.45, 2.75) is 209 Å². The smallest absolute Gasteiger partial charge is 0.252 e. The summed E-state index contributed by atoms with van der Waals surface area (Å²) >= 11 is 0. The summed E-state index contributed by atoms with van der Waals surface area (Å²) in [5.74, 6) is 0. The van der Waals surface area contributed by atoms with Crippen molar-refractivity contribution in [3.63, 3.8) is 0 Å². The summed E-state index contributed by atoms with van der Waals surface area (Å²) in [5, 5.41) is 2.49. The van der Waals surface area contributed by atoms with Gasteiger partial charge in [-0.3, -0.25) is 0 Å². The fraction of sp³-hybridized carbons (Fsp3) is 0.348. The van der Waals surface area contributed by atoms with E-state index in [2.05, 4.69) is 375 Å². The topological polar surface area (TPSA) is 11.4 Å².